The van der Waals surface area contributed by atoms with Gasteiger partial charge in [-0.25, -0.2) is 8.78 Å². The highest BCUT2D eigenvalue weighted by Gasteiger charge is 2.55. The second-order valence-electron chi connectivity index (χ2n) is 6.31. The Kier molecular flexibility index (Phi) is 4.60. The molecule has 0 unspecified atom stereocenters. The van der Waals surface area contributed by atoms with Crippen molar-refractivity contribution in [1.29, 1.82) is 0 Å². The standard InChI is InChI=1S/C18H19F2O3P/c19-16-9-5-14(6-10-16)18(24(21,22)23,13-3-1-2-4-13)15-7-11-17(20)12-8-15/h5-13H,1-4H2,(H2,21,22,23). The third-order valence-corrected chi connectivity index (χ3v) is 6.77. The topological polar surface area (TPSA) is 57.5 Å². The van der Waals surface area contributed by atoms with Crippen molar-refractivity contribution in [2.45, 2.75) is 30.8 Å². The molecular formula is C18H19F2O3P. The van der Waals surface area contributed by atoms with Gasteiger partial charge in [-0.3, -0.25) is 4.57 Å². The molecule has 128 valence electrons. The highest BCUT2D eigenvalue weighted by molar-refractivity contribution is 7.53. The van der Waals surface area contributed by atoms with E-state index >= 15 is 0 Å². The first-order valence-corrected chi connectivity index (χ1v) is 9.54. The summed E-state index contributed by atoms with van der Waals surface area (Å²) in [5, 5.41) is -1.58. The normalized spacial score (nSPS) is 16.5. The maximum atomic E-state index is 13.4. The average Bonchev–Trinajstić information content (AvgIpc) is 3.05. The second-order valence-corrected chi connectivity index (χ2v) is 8.10. The van der Waals surface area contributed by atoms with E-state index in [2.05, 4.69) is 0 Å². The minimum atomic E-state index is -4.67. The summed E-state index contributed by atoms with van der Waals surface area (Å²) in [6.45, 7) is 0. The van der Waals surface area contributed by atoms with Gasteiger partial charge >= 0.3 is 7.60 Å². The van der Waals surface area contributed by atoms with Crippen molar-refractivity contribution in [3.63, 3.8) is 0 Å². The molecule has 0 atom stereocenters. The van der Waals surface area contributed by atoms with Crippen LogP contribution in [0.4, 0.5) is 8.78 Å². The molecule has 24 heavy (non-hydrogen) atoms. The van der Waals surface area contributed by atoms with Gasteiger partial charge in [0.2, 0.25) is 0 Å². The van der Waals surface area contributed by atoms with Gasteiger partial charge in [0, 0.05) is 0 Å². The highest BCUT2D eigenvalue weighted by atomic mass is 31.2. The molecule has 0 heterocycles. The second kappa shape index (κ2) is 6.40. The van der Waals surface area contributed by atoms with Crippen LogP contribution in [0.3, 0.4) is 0 Å². The van der Waals surface area contributed by atoms with E-state index in [0.29, 0.717) is 24.0 Å². The van der Waals surface area contributed by atoms with Crippen molar-refractivity contribution >= 4 is 7.60 Å². The summed E-state index contributed by atoms with van der Waals surface area (Å²) in [6, 6.07) is 10.5. The van der Waals surface area contributed by atoms with E-state index < -0.39 is 24.4 Å². The fraction of sp³-hybridized carbons (Fsp3) is 0.333. The molecule has 0 aromatic heterocycles. The molecule has 1 saturated carbocycles. The summed E-state index contributed by atoms with van der Waals surface area (Å²) in [6.07, 6.45) is 3.10. The molecule has 3 rings (SSSR count). The third-order valence-electron chi connectivity index (χ3n) is 4.97. The molecule has 1 aliphatic rings. The Morgan fingerprint density at radius 1 is 0.833 bits per heavy atom. The lowest BCUT2D eigenvalue weighted by molar-refractivity contribution is 0.295. The Hall–Kier alpha value is -1.55. The zero-order chi connectivity index (χ0) is 17.4. The van der Waals surface area contributed by atoms with Crippen LogP contribution in [0.2, 0.25) is 0 Å². The summed E-state index contributed by atoms with van der Waals surface area (Å²) in [5.41, 5.74) is 0.742. The molecule has 2 aromatic carbocycles. The predicted octanol–water partition coefficient (Wildman–Crippen LogP) is 4.58. The average molecular weight is 352 g/mol. The van der Waals surface area contributed by atoms with Gasteiger partial charge in [-0.2, -0.15) is 0 Å². The van der Waals surface area contributed by atoms with Gasteiger partial charge in [-0.05, 0) is 54.2 Å². The van der Waals surface area contributed by atoms with Gasteiger partial charge in [0.1, 0.15) is 16.8 Å². The highest BCUT2D eigenvalue weighted by Crippen LogP contribution is 2.67. The molecule has 1 aliphatic carbocycles. The van der Waals surface area contributed by atoms with Crippen LogP contribution in [-0.4, -0.2) is 9.79 Å². The number of halogens is 2. The van der Waals surface area contributed by atoms with E-state index in [0.717, 1.165) is 12.8 Å². The molecule has 0 amide bonds. The minimum Gasteiger partial charge on any atom is -0.324 e. The molecule has 0 radical (unpaired) electrons. The van der Waals surface area contributed by atoms with E-state index in [9.17, 15) is 23.1 Å². The van der Waals surface area contributed by atoms with Gasteiger partial charge < -0.3 is 9.79 Å². The summed E-state index contributed by atoms with van der Waals surface area (Å²) < 4.78 is 39.4. The van der Waals surface area contributed by atoms with E-state index in [1.165, 1.54) is 48.5 Å². The Balaban J connectivity index is 2.30. The SMILES string of the molecule is O=P(O)(O)C(c1ccc(F)cc1)(c1ccc(F)cc1)C1CCCC1. The monoisotopic (exact) mass is 352 g/mol. The quantitative estimate of drug-likeness (QED) is 0.792. The van der Waals surface area contributed by atoms with Crippen molar-refractivity contribution in [2.75, 3.05) is 0 Å². The Morgan fingerprint density at radius 2 is 1.21 bits per heavy atom. The summed E-state index contributed by atoms with van der Waals surface area (Å²) in [4.78, 5) is 20.7. The first-order chi connectivity index (χ1) is 11.4. The minimum absolute atomic E-state index is 0.283. The van der Waals surface area contributed by atoms with E-state index in [1.807, 2.05) is 0 Å². The molecular weight excluding hydrogens is 333 g/mol. The van der Waals surface area contributed by atoms with Gasteiger partial charge in [0.25, 0.3) is 0 Å². The van der Waals surface area contributed by atoms with Crippen molar-refractivity contribution in [2.24, 2.45) is 5.92 Å². The molecule has 3 nitrogen and oxygen atoms in total. The van der Waals surface area contributed by atoms with Crippen LogP contribution < -0.4 is 0 Å². The molecule has 2 N–H and O–H groups in total. The largest absolute Gasteiger partial charge is 0.340 e. The Morgan fingerprint density at radius 3 is 1.54 bits per heavy atom. The Labute approximate surface area is 139 Å². The summed E-state index contributed by atoms with van der Waals surface area (Å²) in [5.74, 6) is -1.22. The van der Waals surface area contributed by atoms with E-state index in [4.69, 9.17) is 0 Å². The van der Waals surface area contributed by atoms with E-state index in [-0.39, 0.29) is 5.92 Å². The van der Waals surface area contributed by atoms with Crippen molar-refractivity contribution in [3.05, 3.63) is 71.3 Å². The number of rotatable bonds is 4. The lowest BCUT2D eigenvalue weighted by atomic mass is 9.78. The van der Waals surface area contributed by atoms with Crippen LogP contribution >= 0.6 is 7.60 Å². The molecule has 0 aliphatic heterocycles. The number of benzene rings is 2. The first-order valence-electron chi connectivity index (χ1n) is 7.93. The molecule has 1 fully saturated rings. The van der Waals surface area contributed by atoms with Crippen LogP contribution in [0.1, 0.15) is 36.8 Å². The van der Waals surface area contributed by atoms with Gasteiger partial charge in [-0.15, -0.1) is 0 Å². The first kappa shape index (κ1) is 17.3. The maximum Gasteiger partial charge on any atom is 0.340 e. The van der Waals surface area contributed by atoms with Crippen LogP contribution in [0.25, 0.3) is 0 Å². The van der Waals surface area contributed by atoms with Crippen molar-refractivity contribution < 1.29 is 23.1 Å². The predicted molar refractivity (Wildman–Crippen MR) is 87.6 cm³/mol. The molecule has 0 saturated heterocycles. The molecule has 2 aromatic rings. The van der Waals surface area contributed by atoms with Crippen molar-refractivity contribution in [1.82, 2.24) is 0 Å². The maximum absolute atomic E-state index is 13.4. The summed E-state index contributed by atoms with van der Waals surface area (Å²) in [7, 11) is -4.67. The van der Waals surface area contributed by atoms with E-state index in [1.54, 1.807) is 0 Å². The van der Waals surface area contributed by atoms with Gasteiger partial charge in [0.15, 0.2) is 0 Å². The number of hydrogen-bond donors (Lipinski definition) is 2. The van der Waals surface area contributed by atoms with Gasteiger partial charge in [-0.1, -0.05) is 37.1 Å². The lowest BCUT2D eigenvalue weighted by Gasteiger charge is -2.40. The number of hydrogen-bond acceptors (Lipinski definition) is 1. The van der Waals surface area contributed by atoms with Crippen LogP contribution in [0.15, 0.2) is 48.5 Å². The zero-order valence-electron chi connectivity index (χ0n) is 13.0. The van der Waals surface area contributed by atoms with Crippen LogP contribution in [-0.2, 0) is 9.72 Å². The van der Waals surface area contributed by atoms with Crippen molar-refractivity contribution in [3.8, 4) is 0 Å². The fourth-order valence-electron chi connectivity index (χ4n) is 3.96. The smallest absolute Gasteiger partial charge is 0.324 e. The third kappa shape index (κ3) is 2.81. The molecule has 0 bridgehead atoms. The van der Waals surface area contributed by atoms with Crippen LogP contribution in [0, 0.1) is 17.6 Å². The lowest BCUT2D eigenvalue weighted by Crippen LogP contribution is -2.35. The summed E-state index contributed by atoms with van der Waals surface area (Å²) >= 11 is 0. The fourth-order valence-corrected chi connectivity index (χ4v) is 5.67. The zero-order valence-corrected chi connectivity index (χ0v) is 13.9. The van der Waals surface area contributed by atoms with Crippen LogP contribution in [0.5, 0.6) is 0 Å². The molecule has 0 spiro atoms. The Bertz CT molecular complexity index is 701. The molecule has 6 heteroatoms. The van der Waals surface area contributed by atoms with Gasteiger partial charge in [0.05, 0.1) is 0 Å².